The van der Waals surface area contributed by atoms with Gasteiger partial charge in [0, 0.05) is 11.8 Å². The van der Waals surface area contributed by atoms with Gasteiger partial charge < -0.3 is 14.8 Å². The molecule has 9 atom stereocenters. The molecule has 0 saturated heterocycles. The summed E-state index contributed by atoms with van der Waals surface area (Å²) in [6.45, 7) is 21.7. The van der Waals surface area contributed by atoms with Crippen LogP contribution in [0.2, 0.25) is 0 Å². The van der Waals surface area contributed by atoms with Crippen molar-refractivity contribution in [1.29, 1.82) is 0 Å². The largest absolute Gasteiger partial charge is 0.460 e. The quantitative estimate of drug-likeness (QED) is 0.298. The molecule has 0 radical (unpaired) electrons. The van der Waals surface area contributed by atoms with Gasteiger partial charge in [0.15, 0.2) is 5.78 Å². The summed E-state index contributed by atoms with van der Waals surface area (Å²) in [6, 6.07) is 9.87. The summed E-state index contributed by atoms with van der Waals surface area (Å²) in [4.78, 5) is 54.7. The topological polar surface area (TPSA) is 98.8 Å². The molecule has 4 fully saturated rings. The number of carbonyl (C=O) groups is 4. The SMILES string of the molecule is CC(C)(C)OC(=O)CNC(=O)[C@H]1CC[C@]2(C)C3C(=O)C=C4[C@@H]5C[C@@](C)(C(=O)OCc6ccccc6)CC[C@]5(C)CC[C@@]4(C)[C@]3(C)CC[C@H]2C1(C)C. The van der Waals surface area contributed by atoms with Crippen LogP contribution in [0.4, 0.5) is 0 Å². The Labute approximate surface area is 306 Å². The molecule has 0 aliphatic heterocycles. The molecule has 0 heterocycles. The van der Waals surface area contributed by atoms with E-state index in [4.69, 9.17) is 9.47 Å². The lowest BCUT2D eigenvalue weighted by Crippen LogP contribution is -2.66. The van der Waals surface area contributed by atoms with E-state index < -0.39 is 17.0 Å². The highest BCUT2D eigenvalue weighted by molar-refractivity contribution is 5.96. The van der Waals surface area contributed by atoms with Gasteiger partial charge in [-0.15, -0.1) is 0 Å². The van der Waals surface area contributed by atoms with E-state index in [2.05, 4.69) is 59.9 Å². The Balaban J connectivity index is 1.25. The first kappa shape index (κ1) is 37.8. The van der Waals surface area contributed by atoms with Gasteiger partial charge in [-0.25, -0.2) is 0 Å². The maximum absolute atomic E-state index is 14.8. The number of ketones is 1. The van der Waals surface area contributed by atoms with E-state index in [9.17, 15) is 19.2 Å². The zero-order valence-electron chi connectivity index (χ0n) is 33.0. The highest BCUT2D eigenvalue weighted by Gasteiger charge is 2.70. The number of ether oxygens (including phenoxy) is 2. The lowest BCUT2D eigenvalue weighted by molar-refractivity contribution is -0.195. The molecular formula is C44H63NO6. The highest BCUT2D eigenvalue weighted by Crippen LogP contribution is 2.75. The Hall–Kier alpha value is -2.96. The summed E-state index contributed by atoms with van der Waals surface area (Å²) < 4.78 is 11.4. The van der Waals surface area contributed by atoms with Crippen molar-refractivity contribution >= 4 is 23.6 Å². The van der Waals surface area contributed by atoms with E-state index in [0.29, 0.717) is 12.8 Å². The lowest BCUT2D eigenvalue weighted by atomic mass is 9.33. The number of carbonyl (C=O) groups excluding carboxylic acids is 4. The highest BCUT2D eigenvalue weighted by atomic mass is 16.6. The minimum atomic E-state index is -0.609. The van der Waals surface area contributed by atoms with Crippen molar-refractivity contribution in [2.24, 2.45) is 56.2 Å². The van der Waals surface area contributed by atoms with Gasteiger partial charge in [-0.1, -0.05) is 77.4 Å². The fraction of sp³-hybridized carbons (Fsp3) is 0.727. The van der Waals surface area contributed by atoms with Crippen LogP contribution in [0.3, 0.4) is 0 Å². The van der Waals surface area contributed by atoms with Gasteiger partial charge >= 0.3 is 11.9 Å². The summed E-state index contributed by atoms with van der Waals surface area (Å²) in [6.07, 6.45) is 9.98. The Bertz CT molecular complexity index is 1610. The number of benzene rings is 1. The maximum Gasteiger partial charge on any atom is 0.325 e. The summed E-state index contributed by atoms with van der Waals surface area (Å²) in [5, 5.41) is 2.89. The molecule has 0 aromatic heterocycles. The van der Waals surface area contributed by atoms with E-state index in [1.165, 1.54) is 5.57 Å². The molecule has 5 aliphatic carbocycles. The average Bonchev–Trinajstić information content (AvgIpc) is 3.03. The first-order valence-corrected chi connectivity index (χ1v) is 19.6. The van der Waals surface area contributed by atoms with E-state index in [-0.39, 0.29) is 81.6 Å². The molecule has 1 unspecified atom stereocenters. The molecule has 1 aromatic carbocycles. The fourth-order valence-corrected chi connectivity index (χ4v) is 12.4. The maximum atomic E-state index is 14.8. The number of hydrogen-bond donors (Lipinski definition) is 1. The summed E-state index contributed by atoms with van der Waals surface area (Å²) >= 11 is 0. The molecule has 6 rings (SSSR count). The van der Waals surface area contributed by atoms with Crippen molar-refractivity contribution in [2.75, 3.05) is 6.54 Å². The molecule has 7 nitrogen and oxygen atoms in total. The predicted molar refractivity (Wildman–Crippen MR) is 198 cm³/mol. The number of rotatable bonds is 6. The van der Waals surface area contributed by atoms with E-state index in [1.54, 1.807) is 0 Å². The van der Waals surface area contributed by atoms with Crippen molar-refractivity contribution in [1.82, 2.24) is 5.32 Å². The lowest BCUT2D eigenvalue weighted by Gasteiger charge is -2.70. The van der Waals surface area contributed by atoms with Crippen LogP contribution in [0.1, 0.15) is 133 Å². The van der Waals surface area contributed by atoms with Crippen molar-refractivity contribution in [3.05, 3.63) is 47.5 Å². The van der Waals surface area contributed by atoms with Crippen LogP contribution < -0.4 is 5.32 Å². The van der Waals surface area contributed by atoms with Crippen LogP contribution in [-0.2, 0) is 35.3 Å². The minimum Gasteiger partial charge on any atom is -0.460 e. The van der Waals surface area contributed by atoms with Gasteiger partial charge in [-0.05, 0) is 136 Å². The minimum absolute atomic E-state index is 0.0435. The fourth-order valence-electron chi connectivity index (χ4n) is 12.4. The van der Waals surface area contributed by atoms with Crippen LogP contribution in [0.5, 0.6) is 0 Å². The van der Waals surface area contributed by atoms with Gasteiger partial charge in [-0.2, -0.15) is 0 Å². The van der Waals surface area contributed by atoms with Crippen molar-refractivity contribution < 1.29 is 28.7 Å². The number of hydrogen-bond acceptors (Lipinski definition) is 6. The second-order valence-corrected chi connectivity index (χ2v) is 20.0. The molecular weight excluding hydrogens is 638 g/mol. The van der Waals surface area contributed by atoms with E-state index >= 15 is 0 Å². The Morgan fingerprint density at radius 2 is 1.53 bits per heavy atom. The molecule has 5 aliphatic rings. The van der Waals surface area contributed by atoms with Crippen molar-refractivity contribution in [2.45, 2.75) is 139 Å². The molecule has 7 heteroatoms. The van der Waals surface area contributed by atoms with Crippen LogP contribution in [0.25, 0.3) is 0 Å². The molecule has 280 valence electrons. The Morgan fingerprint density at radius 1 is 0.863 bits per heavy atom. The van der Waals surface area contributed by atoms with Crippen LogP contribution >= 0.6 is 0 Å². The number of nitrogens with one attached hydrogen (secondary N) is 1. The smallest absolute Gasteiger partial charge is 0.325 e. The van der Waals surface area contributed by atoms with Gasteiger partial charge in [0.25, 0.3) is 0 Å². The first-order chi connectivity index (χ1) is 23.6. The first-order valence-electron chi connectivity index (χ1n) is 19.6. The predicted octanol–water partition coefficient (Wildman–Crippen LogP) is 8.78. The summed E-state index contributed by atoms with van der Waals surface area (Å²) in [5.74, 6) is -0.483. The molecule has 1 amide bonds. The third-order valence-electron chi connectivity index (χ3n) is 15.5. The standard InChI is InChI=1S/C44H63NO6/c1-38(2,3)51-34(47)26-45-36(48)29-16-18-42(8)33(39(29,4)5)17-19-44(10)35(42)32(46)24-30-31-25-41(7,21-20-40(31,6)22-23-43(30,44)9)37(49)50-27-28-14-12-11-13-15-28/h11-15,24,29,31,33,35H,16-23,25-27H2,1-10H3,(H,45,48)/t29-,31+,33+,35?,40-,41+,42+,43-,44-/m1/s1. The van der Waals surface area contributed by atoms with Crippen LogP contribution in [0.15, 0.2) is 42.0 Å². The van der Waals surface area contributed by atoms with E-state index in [1.807, 2.05) is 51.1 Å². The Morgan fingerprint density at radius 3 is 2.20 bits per heavy atom. The van der Waals surface area contributed by atoms with Gasteiger partial charge in [0.2, 0.25) is 5.91 Å². The third kappa shape index (κ3) is 6.20. The Kier molecular flexibility index (Phi) is 9.32. The molecule has 4 saturated carbocycles. The molecule has 1 N–H and O–H groups in total. The number of fused-ring (bicyclic) bond motifs is 7. The number of esters is 2. The third-order valence-corrected chi connectivity index (χ3v) is 15.5. The normalized spacial score (nSPS) is 40.0. The molecule has 1 aromatic rings. The molecule has 0 spiro atoms. The van der Waals surface area contributed by atoms with Crippen molar-refractivity contribution in [3.63, 3.8) is 0 Å². The number of amides is 1. The van der Waals surface area contributed by atoms with Gasteiger partial charge in [0.1, 0.15) is 18.8 Å². The van der Waals surface area contributed by atoms with Gasteiger partial charge in [0.05, 0.1) is 5.41 Å². The second kappa shape index (κ2) is 12.6. The number of allylic oxidation sites excluding steroid dienone is 2. The summed E-state index contributed by atoms with van der Waals surface area (Å²) in [5.41, 5.74) is 0.0865. The zero-order valence-corrected chi connectivity index (χ0v) is 33.0. The van der Waals surface area contributed by atoms with Gasteiger partial charge in [-0.3, -0.25) is 19.2 Å². The van der Waals surface area contributed by atoms with E-state index in [0.717, 1.165) is 50.5 Å². The monoisotopic (exact) mass is 701 g/mol. The molecule has 51 heavy (non-hydrogen) atoms. The zero-order chi connectivity index (χ0) is 37.4. The van der Waals surface area contributed by atoms with Crippen molar-refractivity contribution in [3.8, 4) is 0 Å². The summed E-state index contributed by atoms with van der Waals surface area (Å²) in [7, 11) is 0. The second-order valence-electron chi connectivity index (χ2n) is 20.0. The van der Waals surface area contributed by atoms with Crippen LogP contribution in [-0.4, -0.2) is 35.8 Å². The molecule has 0 bridgehead atoms. The average molecular weight is 702 g/mol. The van der Waals surface area contributed by atoms with Crippen LogP contribution in [0, 0.1) is 56.2 Å².